The molecule has 0 saturated heterocycles. The Labute approximate surface area is 201 Å². The van der Waals surface area contributed by atoms with Crippen molar-refractivity contribution >= 4 is 18.0 Å². The molecule has 0 fully saturated rings. The Morgan fingerprint density at radius 2 is 1.68 bits per heavy atom. The number of urea groups is 1. The highest BCUT2D eigenvalue weighted by atomic mass is 16.5. The first-order chi connectivity index (χ1) is 16.5. The Hall–Kier alpha value is -3.35. The van der Waals surface area contributed by atoms with Crippen molar-refractivity contribution in [2.24, 2.45) is 0 Å². The number of fused-ring (bicyclic) bond motifs is 1. The lowest BCUT2D eigenvalue weighted by Gasteiger charge is -2.38. The summed E-state index contributed by atoms with van der Waals surface area (Å²) in [5, 5.41) is 0. The zero-order chi connectivity index (χ0) is 24.3. The maximum absolute atomic E-state index is 13.5. The van der Waals surface area contributed by atoms with E-state index in [-0.39, 0.29) is 31.6 Å². The van der Waals surface area contributed by atoms with E-state index in [1.165, 1.54) is 0 Å². The van der Waals surface area contributed by atoms with Gasteiger partial charge in [0.2, 0.25) is 0 Å². The minimum absolute atomic E-state index is 0.122. The third kappa shape index (κ3) is 6.83. The number of esters is 2. The summed E-state index contributed by atoms with van der Waals surface area (Å²) in [5.74, 6) is -0.746. The summed E-state index contributed by atoms with van der Waals surface area (Å²) in [7, 11) is 0. The number of unbranched alkanes of at least 4 members (excludes halogenated alkanes) is 1. The van der Waals surface area contributed by atoms with Crippen molar-refractivity contribution in [3.8, 4) is 0 Å². The summed E-state index contributed by atoms with van der Waals surface area (Å²) < 4.78 is 10.8. The largest absolute Gasteiger partial charge is 0.466 e. The molecule has 0 unspecified atom stereocenters. The molecule has 0 bridgehead atoms. The molecule has 1 aliphatic heterocycles. The van der Waals surface area contributed by atoms with Gasteiger partial charge in [-0.1, -0.05) is 67.9 Å². The van der Waals surface area contributed by atoms with E-state index < -0.39 is 12.0 Å². The van der Waals surface area contributed by atoms with Crippen molar-refractivity contribution in [2.45, 2.75) is 58.7 Å². The first-order valence-electron chi connectivity index (χ1n) is 12.0. The zero-order valence-corrected chi connectivity index (χ0v) is 20.1. The van der Waals surface area contributed by atoms with Gasteiger partial charge in [0.1, 0.15) is 12.6 Å². The van der Waals surface area contributed by atoms with E-state index in [2.05, 4.69) is 0 Å². The van der Waals surface area contributed by atoms with Crippen LogP contribution in [-0.2, 0) is 38.6 Å². The maximum atomic E-state index is 13.5. The average Bonchev–Trinajstić information content (AvgIpc) is 2.87. The molecule has 1 atom stereocenters. The average molecular weight is 467 g/mol. The van der Waals surface area contributed by atoms with Crippen LogP contribution in [0.3, 0.4) is 0 Å². The molecule has 34 heavy (non-hydrogen) atoms. The molecular formula is C27H34N2O5. The molecule has 2 aromatic carbocycles. The standard InChI is InChI=1S/C27H34N2O5/c1-3-5-17-33-25(30)15-16-28(4-2)27(32)29-19-23-14-10-9-13-22(23)18-24(29)26(31)34-20-21-11-7-6-8-12-21/h6-14,24H,3-5,15-20H2,1-2H3/t24-/m0/s1. The van der Waals surface area contributed by atoms with Crippen molar-refractivity contribution in [1.82, 2.24) is 9.80 Å². The number of nitrogens with zero attached hydrogens (tertiary/aromatic N) is 2. The summed E-state index contributed by atoms with van der Waals surface area (Å²) in [6.45, 7) is 5.42. The third-order valence-electron chi connectivity index (χ3n) is 5.99. The molecule has 182 valence electrons. The van der Waals surface area contributed by atoms with Crippen LogP contribution in [0.4, 0.5) is 4.79 Å². The molecule has 7 heteroatoms. The topological polar surface area (TPSA) is 76.2 Å². The van der Waals surface area contributed by atoms with Crippen LogP contribution in [0, 0.1) is 0 Å². The number of carbonyl (C=O) groups excluding carboxylic acids is 3. The lowest BCUT2D eigenvalue weighted by Crippen LogP contribution is -2.54. The van der Waals surface area contributed by atoms with Crippen LogP contribution in [-0.4, -0.2) is 53.5 Å². The van der Waals surface area contributed by atoms with Gasteiger partial charge in [-0.2, -0.15) is 0 Å². The number of hydrogen-bond acceptors (Lipinski definition) is 5. The van der Waals surface area contributed by atoms with E-state index in [1.54, 1.807) is 9.80 Å². The van der Waals surface area contributed by atoms with E-state index in [0.29, 0.717) is 26.1 Å². The third-order valence-corrected chi connectivity index (χ3v) is 5.99. The Balaban J connectivity index is 1.70. The van der Waals surface area contributed by atoms with E-state index in [9.17, 15) is 14.4 Å². The Morgan fingerprint density at radius 3 is 2.38 bits per heavy atom. The molecule has 7 nitrogen and oxygen atoms in total. The molecule has 1 heterocycles. The molecule has 0 N–H and O–H groups in total. The van der Waals surface area contributed by atoms with Crippen LogP contribution in [0.1, 0.15) is 49.8 Å². The number of hydrogen-bond donors (Lipinski definition) is 0. The minimum atomic E-state index is -0.725. The van der Waals surface area contributed by atoms with Gasteiger partial charge in [0.25, 0.3) is 0 Å². The van der Waals surface area contributed by atoms with Gasteiger partial charge in [-0.25, -0.2) is 9.59 Å². The van der Waals surface area contributed by atoms with Crippen LogP contribution in [0.5, 0.6) is 0 Å². The summed E-state index contributed by atoms with van der Waals surface area (Å²) in [5.41, 5.74) is 2.94. The normalized spacial score (nSPS) is 14.8. The molecule has 3 rings (SSSR count). The number of rotatable bonds is 10. The molecule has 0 aliphatic carbocycles. The Morgan fingerprint density at radius 1 is 0.971 bits per heavy atom. The molecular weight excluding hydrogens is 432 g/mol. The molecule has 1 aliphatic rings. The first kappa shape index (κ1) is 25.3. The van der Waals surface area contributed by atoms with E-state index in [1.807, 2.05) is 68.4 Å². The van der Waals surface area contributed by atoms with Gasteiger partial charge in [0, 0.05) is 26.1 Å². The van der Waals surface area contributed by atoms with Crippen LogP contribution < -0.4 is 0 Å². The fourth-order valence-electron chi connectivity index (χ4n) is 3.96. The van der Waals surface area contributed by atoms with Crippen molar-refractivity contribution in [3.05, 3.63) is 71.3 Å². The van der Waals surface area contributed by atoms with Gasteiger partial charge in [-0.05, 0) is 30.0 Å². The Kier molecular flexibility index (Phi) is 9.50. The predicted octanol–water partition coefficient (Wildman–Crippen LogP) is 4.33. The number of carbonyl (C=O) groups is 3. The number of amides is 2. The van der Waals surface area contributed by atoms with Crippen LogP contribution >= 0.6 is 0 Å². The van der Waals surface area contributed by atoms with E-state index >= 15 is 0 Å². The fraction of sp³-hybridized carbons (Fsp3) is 0.444. The Bertz CT molecular complexity index is 963. The summed E-state index contributed by atoms with van der Waals surface area (Å²) in [6.07, 6.45) is 2.29. The van der Waals surface area contributed by atoms with Crippen molar-refractivity contribution in [1.29, 1.82) is 0 Å². The molecule has 0 aromatic heterocycles. The van der Waals surface area contributed by atoms with Gasteiger partial charge in [0.15, 0.2) is 0 Å². The van der Waals surface area contributed by atoms with Gasteiger partial charge in [-0.3, -0.25) is 4.79 Å². The van der Waals surface area contributed by atoms with E-state index in [4.69, 9.17) is 9.47 Å². The highest BCUT2D eigenvalue weighted by Gasteiger charge is 2.37. The number of ether oxygens (including phenoxy) is 2. The van der Waals surface area contributed by atoms with Crippen LogP contribution in [0.25, 0.3) is 0 Å². The quantitative estimate of drug-likeness (QED) is 0.385. The zero-order valence-electron chi connectivity index (χ0n) is 20.1. The second-order valence-electron chi connectivity index (χ2n) is 8.40. The highest BCUT2D eigenvalue weighted by molar-refractivity contribution is 5.85. The fourth-order valence-corrected chi connectivity index (χ4v) is 3.96. The molecule has 0 radical (unpaired) electrons. The minimum Gasteiger partial charge on any atom is -0.466 e. The molecule has 0 saturated carbocycles. The summed E-state index contributed by atoms with van der Waals surface area (Å²) in [6, 6.07) is 16.3. The first-order valence-corrected chi connectivity index (χ1v) is 12.0. The van der Waals surface area contributed by atoms with Gasteiger partial charge in [-0.15, -0.1) is 0 Å². The highest BCUT2D eigenvalue weighted by Crippen LogP contribution is 2.25. The number of benzene rings is 2. The molecule has 2 aromatic rings. The van der Waals surface area contributed by atoms with Gasteiger partial charge in [0.05, 0.1) is 13.0 Å². The monoisotopic (exact) mass is 466 g/mol. The van der Waals surface area contributed by atoms with Crippen molar-refractivity contribution in [3.63, 3.8) is 0 Å². The molecule has 2 amide bonds. The predicted molar refractivity (Wildman–Crippen MR) is 129 cm³/mol. The second kappa shape index (κ2) is 12.8. The van der Waals surface area contributed by atoms with E-state index in [0.717, 1.165) is 29.5 Å². The van der Waals surface area contributed by atoms with Gasteiger partial charge >= 0.3 is 18.0 Å². The lowest BCUT2D eigenvalue weighted by atomic mass is 9.94. The smallest absolute Gasteiger partial charge is 0.329 e. The maximum Gasteiger partial charge on any atom is 0.329 e. The summed E-state index contributed by atoms with van der Waals surface area (Å²) in [4.78, 5) is 41.8. The summed E-state index contributed by atoms with van der Waals surface area (Å²) >= 11 is 0. The van der Waals surface area contributed by atoms with Gasteiger partial charge < -0.3 is 19.3 Å². The molecule has 0 spiro atoms. The van der Waals surface area contributed by atoms with Crippen molar-refractivity contribution < 1.29 is 23.9 Å². The second-order valence-corrected chi connectivity index (χ2v) is 8.40. The van der Waals surface area contributed by atoms with Crippen LogP contribution in [0.15, 0.2) is 54.6 Å². The van der Waals surface area contributed by atoms with Crippen molar-refractivity contribution in [2.75, 3.05) is 19.7 Å². The lowest BCUT2D eigenvalue weighted by molar-refractivity contribution is -0.151. The van der Waals surface area contributed by atoms with Crippen LogP contribution in [0.2, 0.25) is 0 Å². The SMILES string of the molecule is CCCCOC(=O)CCN(CC)C(=O)N1Cc2ccccc2C[C@H]1C(=O)OCc1ccccc1.